The highest BCUT2D eigenvalue weighted by Crippen LogP contribution is 2.13. The first-order chi connectivity index (χ1) is 6.50. The maximum absolute atomic E-state index is 10.8. The Morgan fingerprint density at radius 3 is 2.71 bits per heavy atom. The fourth-order valence-corrected chi connectivity index (χ4v) is 1.11. The number of hydrogen-bond acceptors (Lipinski definition) is 4. The molecule has 0 radical (unpaired) electrons. The quantitative estimate of drug-likeness (QED) is 0.550. The van der Waals surface area contributed by atoms with Crippen molar-refractivity contribution in [1.82, 2.24) is 0 Å². The number of allylic oxidation sites excluding steroid dienone is 1. The van der Waals surface area contributed by atoms with Gasteiger partial charge in [-0.25, -0.2) is 0 Å². The van der Waals surface area contributed by atoms with Crippen LogP contribution in [0.4, 0.5) is 0 Å². The number of carboxylic acid groups (broad SMARTS) is 1. The average Bonchev–Trinajstić information content (AvgIpc) is 2.11. The molecule has 0 aromatic heterocycles. The molecule has 1 rings (SSSR count). The average molecular weight is 197 g/mol. The third-order valence-electron chi connectivity index (χ3n) is 1.90. The summed E-state index contributed by atoms with van der Waals surface area (Å²) < 4.78 is 0. The molecule has 1 unspecified atom stereocenters. The van der Waals surface area contributed by atoms with Gasteiger partial charge in [0.2, 0.25) is 0 Å². The van der Waals surface area contributed by atoms with Crippen LogP contribution in [0.5, 0.6) is 0 Å². The molecule has 0 heterocycles. The van der Waals surface area contributed by atoms with Gasteiger partial charge in [0.05, 0.1) is 0 Å². The van der Waals surface area contributed by atoms with Crippen LogP contribution < -0.4 is 5.73 Å². The first kappa shape index (κ1) is 10.6. The highest BCUT2D eigenvalue weighted by atomic mass is 16.4. The number of hydrogen-bond donors (Lipinski definition) is 3. The zero-order valence-electron chi connectivity index (χ0n) is 7.38. The second kappa shape index (κ2) is 4.17. The summed E-state index contributed by atoms with van der Waals surface area (Å²) >= 11 is 0. The normalized spacial score (nSPS) is 23.1. The van der Waals surface area contributed by atoms with Crippen molar-refractivity contribution < 1.29 is 19.8 Å². The predicted molar refractivity (Wildman–Crippen MR) is 48.5 cm³/mol. The molecule has 0 saturated carbocycles. The molecule has 76 valence electrons. The first-order valence-electron chi connectivity index (χ1n) is 4.10. The van der Waals surface area contributed by atoms with Crippen molar-refractivity contribution >= 4 is 11.8 Å². The molecule has 0 aromatic carbocycles. The monoisotopic (exact) mass is 197 g/mol. The highest BCUT2D eigenvalue weighted by molar-refractivity contribution is 5.96. The van der Waals surface area contributed by atoms with E-state index in [1.807, 2.05) is 0 Å². The third kappa shape index (κ3) is 2.51. The maximum atomic E-state index is 10.8. The minimum absolute atomic E-state index is 0.107. The molecule has 0 saturated heterocycles. The molecule has 4 N–H and O–H groups in total. The molecule has 14 heavy (non-hydrogen) atoms. The van der Waals surface area contributed by atoms with Gasteiger partial charge in [0, 0.05) is 0 Å². The van der Waals surface area contributed by atoms with E-state index >= 15 is 0 Å². The number of nitrogens with two attached hydrogens (primary N) is 1. The summed E-state index contributed by atoms with van der Waals surface area (Å²) in [6.45, 7) is 0. The number of carboxylic acids is 1. The largest absolute Gasteiger partial charge is 0.480 e. The summed E-state index contributed by atoms with van der Waals surface area (Å²) in [5.41, 5.74) is 5.85. The Hall–Kier alpha value is -1.46. The van der Waals surface area contributed by atoms with Crippen LogP contribution in [0.3, 0.4) is 0 Å². The van der Waals surface area contributed by atoms with E-state index in [1.165, 1.54) is 18.2 Å². The number of rotatable bonds is 3. The van der Waals surface area contributed by atoms with E-state index in [0.29, 0.717) is 5.57 Å². The molecule has 0 spiro atoms. The Morgan fingerprint density at radius 1 is 1.57 bits per heavy atom. The molecule has 0 bridgehead atoms. The van der Waals surface area contributed by atoms with E-state index in [1.54, 1.807) is 0 Å². The molecule has 0 amide bonds. The minimum Gasteiger partial charge on any atom is -0.480 e. The van der Waals surface area contributed by atoms with E-state index in [0.717, 1.165) is 0 Å². The van der Waals surface area contributed by atoms with Crippen LogP contribution in [-0.4, -0.2) is 34.1 Å². The third-order valence-corrected chi connectivity index (χ3v) is 1.90. The first-order valence-corrected chi connectivity index (χ1v) is 4.10. The molecule has 1 aliphatic carbocycles. The molecule has 0 aromatic rings. The summed E-state index contributed by atoms with van der Waals surface area (Å²) in [7, 11) is 0. The van der Waals surface area contributed by atoms with Gasteiger partial charge in [0.15, 0.2) is 5.78 Å². The maximum Gasteiger partial charge on any atom is 0.320 e. The van der Waals surface area contributed by atoms with Crippen LogP contribution in [0.25, 0.3) is 0 Å². The van der Waals surface area contributed by atoms with Gasteiger partial charge in [-0.1, -0.05) is 6.08 Å². The van der Waals surface area contributed by atoms with E-state index < -0.39 is 23.9 Å². The second-order valence-electron chi connectivity index (χ2n) is 3.07. The van der Waals surface area contributed by atoms with Gasteiger partial charge in [-0.3, -0.25) is 9.59 Å². The zero-order valence-corrected chi connectivity index (χ0v) is 7.38. The number of carbonyl (C=O) groups excluding carboxylic acids is 1. The Kier molecular flexibility index (Phi) is 3.16. The minimum atomic E-state index is -1.17. The molecule has 0 aliphatic heterocycles. The smallest absolute Gasteiger partial charge is 0.320 e. The lowest BCUT2D eigenvalue weighted by Gasteiger charge is -2.12. The van der Waals surface area contributed by atoms with Crippen LogP contribution in [0, 0.1) is 0 Å². The molecular formula is C9H11NO4. The lowest BCUT2D eigenvalue weighted by Crippen LogP contribution is -2.31. The van der Waals surface area contributed by atoms with Crippen molar-refractivity contribution in [3.63, 3.8) is 0 Å². The van der Waals surface area contributed by atoms with Crippen LogP contribution >= 0.6 is 0 Å². The van der Waals surface area contributed by atoms with Crippen molar-refractivity contribution in [3.05, 3.63) is 23.8 Å². The van der Waals surface area contributed by atoms with E-state index in [4.69, 9.17) is 15.9 Å². The van der Waals surface area contributed by atoms with Gasteiger partial charge in [-0.2, -0.15) is 0 Å². The van der Waals surface area contributed by atoms with Gasteiger partial charge in [0.1, 0.15) is 12.1 Å². The number of carbonyl (C=O) groups is 2. The van der Waals surface area contributed by atoms with Crippen molar-refractivity contribution in [2.24, 2.45) is 5.73 Å². The van der Waals surface area contributed by atoms with Gasteiger partial charge in [0.25, 0.3) is 0 Å². The summed E-state index contributed by atoms with van der Waals surface area (Å²) in [5, 5.41) is 17.7. The SMILES string of the molecule is N[C@H](CC1=CC(O)C(=O)C=C1)C(=O)O. The topological polar surface area (TPSA) is 101 Å². The fourth-order valence-electron chi connectivity index (χ4n) is 1.11. The lowest BCUT2D eigenvalue weighted by atomic mass is 9.98. The van der Waals surface area contributed by atoms with Crippen molar-refractivity contribution in [2.75, 3.05) is 0 Å². The summed E-state index contributed by atoms with van der Waals surface area (Å²) in [6.07, 6.45) is 2.93. The fraction of sp³-hybridized carbons (Fsp3) is 0.333. The Morgan fingerprint density at radius 2 is 2.21 bits per heavy atom. The summed E-state index contributed by atoms with van der Waals surface area (Å²) in [6, 6.07) is -1.01. The van der Waals surface area contributed by atoms with Gasteiger partial charge >= 0.3 is 5.97 Å². The number of aliphatic hydroxyl groups is 1. The van der Waals surface area contributed by atoms with Crippen LogP contribution in [0.2, 0.25) is 0 Å². The summed E-state index contributed by atoms with van der Waals surface area (Å²) in [5.74, 6) is -1.51. The molecule has 1 aliphatic rings. The lowest BCUT2D eigenvalue weighted by molar-refractivity contribution is -0.138. The van der Waals surface area contributed by atoms with E-state index in [2.05, 4.69) is 0 Å². The van der Waals surface area contributed by atoms with Crippen molar-refractivity contribution in [3.8, 4) is 0 Å². The van der Waals surface area contributed by atoms with Gasteiger partial charge in [-0.05, 0) is 24.1 Å². The standard InChI is InChI=1S/C9H11NO4/c10-6(9(13)14)3-5-1-2-7(11)8(12)4-5/h1-2,4,6,8,12H,3,10H2,(H,13,14)/t6-,8?/m1/s1. The molecule has 0 fully saturated rings. The van der Waals surface area contributed by atoms with Gasteiger partial charge in [-0.15, -0.1) is 0 Å². The second-order valence-corrected chi connectivity index (χ2v) is 3.07. The predicted octanol–water partition coefficient (Wildman–Crippen LogP) is -0.785. The van der Waals surface area contributed by atoms with Crippen molar-refractivity contribution in [1.29, 1.82) is 0 Å². The Bertz CT molecular complexity index is 319. The molecular weight excluding hydrogens is 186 g/mol. The van der Waals surface area contributed by atoms with E-state index in [-0.39, 0.29) is 6.42 Å². The zero-order chi connectivity index (χ0) is 10.7. The molecule has 5 heteroatoms. The van der Waals surface area contributed by atoms with Crippen LogP contribution in [0.1, 0.15) is 6.42 Å². The molecule has 5 nitrogen and oxygen atoms in total. The Balaban J connectivity index is 2.63. The number of aliphatic carboxylic acids is 1. The summed E-state index contributed by atoms with van der Waals surface area (Å²) in [4.78, 5) is 21.2. The van der Waals surface area contributed by atoms with Gasteiger partial charge < -0.3 is 15.9 Å². The van der Waals surface area contributed by atoms with Crippen LogP contribution in [-0.2, 0) is 9.59 Å². The molecule has 2 atom stereocenters. The highest BCUT2D eigenvalue weighted by Gasteiger charge is 2.18. The van der Waals surface area contributed by atoms with E-state index in [9.17, 15) is 9.59 Å². The number of ketones is 1. The van der Waals surface area contributed by atoms with Crippen LogP contribution in [0.15, 0.2) is 23.8 Å². The Labute approximate surface area is 80.5 Å². The number of aliphatic hydroxyl groups excluding tert-OH is 1. The van der Waals surface area contributed by atoms with Crippen molar-refractivity contribution in [2.45, 2.75) is 18.6 Å².